The molecule has 1 rings (SSSR count). The average molecular weight is 483 g/mol. The molecule has 0 heterocycles. The van der Waals surface area contributed by atoms with Gasteiger partial charge < -0.3 is 31.9 Å². The first-order chi connectivity index (χ1) is 15.6. The number of nitrogens with one attached hydrogen (secondary N) is 3. The van der Waals surface area contributed by atoms with E-state index in [-0.39, 0.29) is 31.1 Å². The lowest BCUT2D eigenvalue weighted by atomic mass is 9.97. The zero-order chi connectivity index (χ0) is 25.0. The van der Waals surface area contributed by atoms with Gasteiger partial charge in [-0.25, -0.2) is 4.79 Å². The Morgan fingerprint density at radius 2 is 1.73 bits per heavy atom. The van der Waals surface area contributed by atoms with Crippen LogP contribution in [0, 0.1) is 5.92 Å². The number of hydrogen-bond donors (Lipinski definition) is 6. The van der Waals surface area contributed by atoms with E-state index in [0.717, 1.165) is 5.56 Å². The van der Waals surface area contributed by atoms with E-state index in [4.69, 9.17) is 5.73 Å². The van der Waals surface area contributed by atoms with Crippen LogP contribution in [-0.4, -0.2) is 70.6 Å². The molecule has 10 nitrogen and oxygen atoms in total. The van der Waals surface area contributed by atoms with Gasteiger partial charge in [-0.3, -0.25) is 14.4 Å². The number of nitrogens with two attached hydrogens (primary N) is 1. The number of benzene rings is 1. The second-order valence-electron chi connectivity index (χ2n) is 7.81. The van der Waals surface area contributed by atoms with Crippen molar-refractivity contribution in [3.05, 3.63) is 29.8 Å². The fourth-order valence-electron chi connectivity index (χ4n) is 2.96. The van der Waals surface area contributed by atoms with Crippen LogP contribution in [0.25, 0.3) is 0 Å². The molecule has 0 aromatic heterocycles. The summed E-state index contributed by atoms with van der Waals surface area (Å²) >= 11 is 1.47. The molecule has 1 aromatic rings. The Morgan fingerprint density at radius 3 is 2.27 bits per heavy atom. The quantitative estimate of drug-likeness (QED) is 0.219. The van der Waals surface area contributed by atoms with Crippen LogP contribution in [0.3, 0.4) is 0 Å². The molecule has 0 aliphatic heterocycles. The third kappa shape index (κ3) is 10.1. The van der Waals surface area contributed by atoms with Crippen LogP contribution in [0.2, 0.25) is 0 Å². The number of phenolic OH excluding ortho intramolecular Hbond substituents is 1. The minimum atomic E-state index is -1.14. The Morgan fingerprint density at radius 1 is 1.09 bits per heavy atom. The van der Waals surface area contributed by atoms with Crippen molar-refractivity contribution >= 4 is 35.5 Å². The number of aliphatic carboxylic acids is 1. The average Bonchev–Trinajstić information content (AvgIpc) is 2.79. The van der Waals surface area contributed by atoms with E-state index >= 15 is 0 Å². The largest absolute Gasteiger partial charge is 0.508 e. The summed E-state index contributed by atoms with van der Waals surface area (Å²) in [5.74, 6) is -2.43. The van der Waals surface area contributed by atoms with E-state index in [2.05, 4.69) is 16.0 Å². The Labute approximate surface area is 198 Å². The van der Waals surface area contributed by atoms with Crippen LogP contribution in [-0.2, 0) is 25.6 Å². The first-order valence-electron chi connectivity index (χ1n) is 10.7. The highest BCUT2D eigenvalue weighted by Crippen LogP contribution is 2.11. The number of carboxylic acid groups (broad SMARTS) is 1. The maximum atomic E-state index is 12.7. The molecule has 0 saturated heterocycles. The number of rotatable bonds is 14. The molecule has 0 radical (unpaired) electrons. The molecule has 0 fully saturated rings. The second kappa shape index (κ2) is 14.4. The summed E-state index contributed by atoms with van der Waals surface area (Å²) in [5.41, 5.74) is 6.64. The topological polar surface area (TPSA) is 171 Å². The van der Waals surface area contributed by atoms with E-state index in [9.17, 15) is 29.4 Å². The summed E-state index contributed by atoms with van der Waals surface area (Å²) in [7, 11) is 0. The minimum absolute atomic E-state index is 0.104. The maximum Gasteiger partial charge on any atom is 0.326 e. The van der Waals surface area contributed by atoms with Crippen LogP contribution in [0.5, 0.6) is 5.75 Å². The van der Waals surface area contributed by atoms with Gasteiger partial charge in [0.05, 0.1) is 12.6 Å². The fraction of sp³-hybridized carbons (Fsp3) is 0.545. The predicted molar refractivity (Wildman–Crippen MR) is 127 cm³/mol. The van der Waals surface area contributed by atoms with E-state index in [1.54, 1.807) is 19.1 Å². The van der Waals surface area contributed by atoms with Crippen molar-refractivity contribution in [2.45, 2.75) is 51.2 Å². The molecule has 184 valence electrons. The van der Waals surface area contributed by atoms with Crippen molar-refractivity contribution in [3.63, 3.8) is 0 Å². The standard InChI is InChI=1S/C22H34N4O6S/c1-4-13(2)19(21(30)25-17(22(31)32)9-10-33-3)26-18(28)12-24-20(29)16(23)11-14-5-7-15(27)8-6-14/h5-8,13,16-17,19,27H,4,9-12,23H2,1-3H3,(H,24,29)(H,25,30)(H,26,28)(H,31,32). The van der Waals surface area contributed by atoms with Crippen LogP contribution in [0.15, 0.2) is 24.3 Å². The molecule has 4 atom stereocenters. The van der Waals surface area contributed by atoms with Crippen LogP contribution in [0.1, 0.15) is 32.3 Å². The molecular weight excluding hydrogens is 448 g/mol. The lowest BCUT2D eigenvalue weighted by Crippen LogP contribution is -2.56. The highest BCUT2D eigenvalue weighted by molar-refractivity contribution is 7.98. The number of hydrogen-bond acceptors (Lipinski definition) is 7. The van der Waals surface area contributed by atoms with Crippen molar-refractivity contribution in [2.24, 2.45) is 11.7 Å². The van der Waals surface area contributed by atoms with Gasteiger partial charge in [-0.1, -0.05) is 32.4 Å². The monoisotopic (exact) mass is 482 g/mol. The third-order valence-corrected chi connectivity index (χ3v) is 5.83. The van der Waals surface area contributed by atoms with Gasteiger partial charge in [0.2, 0.25) is 17.7 Å². The maximum absolute atomic E-state index is 12.7. The Hall–Kier alpha value is -2.79. The molecule has 33 heavy (non-hydrogen) atoms. The number of amides is 3. The van der Waals surface area contributed by atoms with E-state index < -0.39 is 41.8 Å². The summed E-state index contributed by atoms with van der Waals surface area (Å²) in [4.78, 5) is 48.8. The van der Waals surface area contributed by atoms with Crippen LogP contribution in [0.4, 0.5) is 0 Å². The summed E-state index contributed by atoms with van der Waals surface area (Å²) in [6, 6.07) is 3.38. The van der Waals surface area contributed by atoms with E-state index in [1.165, 1.54) is 23.9 Å². The van der Waals surface area contributed by atoms with Crippen molar-refractivity contribution in [2.75, 3.05) is 18.6 Å². The number of carbonyl (C=O) groups excluding carboxylic acids is 3. The van der Waals surface area contributed by atoms with Gasteiger partial charge in [0.25, 0.3) is 0 Å². The Bertz CT molecular complexity index is 805. The molecule has 3 amide bonds. The smallest absolute Gasteiger partial charge is 0.326 e. The van der Waals surface area contributed by atoms with Crippen LogP contribution >= 0.6 is 11.8 Å². The normalized spacial score (nSPS) is 14.4. The van der Waals surface area contributed by atoms with E-state index in [0.29, 0.717) is 12.2 Å². The third-order valence-electron chi connectivity index (χ3n) is 5.19. The molecule has 0 aliphatic rings. The Balaban J connectivity index is 2.65. The van der Waals surface area contributed by atoms with Crippen molar-refractivity contribution in [3.8, 4) is 5.75 Å². The lowest BCUT2D eigenvalue weighted by molar-refractivity contribution is -0.142. The molecule has 0 saturated carbocycles. The van der Waals surface area contributed by atoms with Gasteiger partial charge in [0, 0.05) is 0 Å². The SMILES string of the molecule is CCC(C)C(NC(=O)CNC(=O)C(N)Cc1ccc(O)cc1)C(=O)NC(CCSC)C(=O)O. The molecule has 11 heteroatoms. The van der Waals surface area contributed by atoms with E-state index in [1.807, 2.05) is 13.2 Å². The predicted octanol–water partition coefficient (Wildman–Crippen LogP) is 0.232. The van der Waals surface area contributed by atoms with Crippen LogP contribution < -0.4 is 21.7 Å². The molecular formula is C22H34N4O6S. The molecule has 0 bridgehead atoms. The van der Waals surface area contributed by atoms with Crippen molar-refractivity contribution in [1.82, 2.24) is 16.0 Å². The second-order valence-corrected chi connectivity index (χ2v) is 8.79. The van der Waals surface area contributed by atoms with Crippen molar-refractivity contribution < 1.29 is 29.4 Å². The summed E-state index contributed by atoms with van der Waals surface area (Å²) < 4.78 is 0. The lowest BCUT2D eigenvalue weighted by Gasteiger charge is -2.25. The number of thioether (sulfide) groups is 1. The van der Waals surface area contributed by atoms with Gasteiger partial charge in [-0.15, -0.1) is 0 Å². The Kier molecular flexibility index (Phi) is 12.3. The summed E-state index contributed by atoms with van der Waals surface area (Å²) in [6.45, 7) is 3.25. The first-order valence-corrected chi connectivity index (χ1v) is 12.1. The molecule has 0 spiro atoms. The zero-order valence-electron chi connectivity index (χ0n) is 19.2. The molecule has 0 aliphatic carbocycles. The summed E-state index contributed by atoms with van der Waals surface area (Å²) in [5, 5.41) is 26.2. The van der Waals surface area contributed by atoms with Gasteiger partial charge in [0.1, 0.15) is 17.8 Å². The molecule has 7 N–H and O–H groups in total. The molecule has 1 aromatic carbocycles. The molecule has 4 unspecified atom stereocenters. The first kappa shape index (κ1) is 28.2. The van der Waals surface area contributed by atoms with Gasteiger partial charge in [-0.2, -0.15) is 11.8 Å². The number of carbonyl (C=O) groups is 4. The van der Waals surface area contributed by atoms with Gasteiger partial charge >= 0.3 is 5.97 Å². The summed E-state index contributed by atoms with van der Waals surface area (Å²) in [6.07, 6.45) is 2.90. The van der Waals surface area contributed by atoms with Crippen molar-refractivity contribution in [1.29, 1.82) is 0 Å². The highest BCUT2D eigenvalue weighted by atomic mass is 32.2. The van der Waals surface area contributed by atoms with Gasteiger partial charge in [0.15, 0.2) is 0 Å². The minimum Gasteiger partial charge on any atom is -0.508 e. The number of aromatic hydroxyl groups is 1. The fourth-order valence-corrected chi connectivity index (χ4v) is 3.43. The number of carboxylic acids is 1. The number of phenols is 1. The zero-order valence-corrected chi connectivity index (χ0v) is 20.0. The highest BCUT2D eigenvalue weighted by Gasteiger charge is 2.29. The van der Waals surface area contributed by atoms with Gasteiger partial charge in [-0.05, 0) is 48.5 Å².